The van der Waals surface area contributed by atoms with Crippen LogP contribution in [-0.4, -0.2) is 23.4 Å². The summed E-state index contributed by atoms with van der Waals surface area (Å²) in [6.07, 6.45) is 0.716. The molecule has 2 aliphatic heterocycles. The molecule has 0 spiro atoms. The molecule has 32 heavy (non-hydrogen) atoms. The van der Waals surface area contributed by atoms with Gasteiger partial charge < -0.3 is 14.3 Å². The summed E-state index contributed by atoms with van der Waals surface area (Å²) >= 11 is 6.30. The van der Waals surface area contributed by atoms with E-state index in [1.54, 1.807) is 55.5 Å². The summed E-state index contributed by atoms with van der Waals surface area (Å²) in [6.45, 7) is 4.20. The number of nitrogens with zero attached hydrogens (tertiary/aromatic N) is 1. The monoisotopic (exact) mass is 449 g/mol. The Morgan fingerprint density at radius 3 is 2.62 bits per heavy atom. The van der Waals surface area contributed by atoms with Gasteiger partial charge in [0.1, 0.15) is 29.1 Å². The summed E-state index contributed by atoms with van der Waals surface area (Å²) in [4.78, 5) is 27.7. The van der Waals surface area contributed by atoms with Gasteiger partial charge in [-0.05, 0) is 67.4 Å². The summed E-state index contributed by atoms with van der Waals surface area (Å²) in [6, 6.07) is 12.9. The Morgan fingerprint density at radius 1 is 1.09 bits per heavy atom. The number of hydrogen-bond donors (Lipinski definition) is 1. The van der Waals surface area contributed by atoms with E-state index < -0.39 is 17.7 Å². The van der Waals surface area contributed by atoms with E-state index in [1.807, 2.05) is 6.92 Å². The van der Waals surface area contributed by atoms with Crippen molar-refractivity contribution >= 4 is 34.7 Å². The third-order valence-electron chi connectivity index (χ3n) is 5.87. The average molecular weight is 450 g/mol. The Hall–Kier alpha value is -3.51. The first-order valence-electron chi connectivity index (χ1n) is 10.2. The van der Waals surface area contributed by atoms with Crippen molar-refractivity contribution in [2.24, 2.45) is 0 Å². The maximum atomic E-state index is 13.2. The van der Waals surface area contributed by atoms with E-state index in [0.717, 1.165) is 16.9 Å². The van der Waals surface area contributed by atoms with Crippen molar-refractivity contribution in [3.63, 3.8) is 0 Å². The third kappa shape index (κ3) is 3.19. The summed E-state index contributed by atoms with van der Waals surface area (Å²) in [5.74, 6) is -0.0241. The zero-order valence-corrected chi connectivity index (χ0v) is 18.3. The van der Waals surface area contributed by atoms with Gasteiger partial charge in [-0.3, -0.25) is 14.5 Å². The second-order valence-corrected chi connectivity index (χ2v) is 8.38. The summed E-state index contributed by atoms with van der Waals surface area (Å²) in [5.41, 5.74) is 2.65. The van der Waals surface area contributed by atoms with Crippen molar-refractivity contribution in [3.05, 3.63) is 87.3 Å². The van der Waals surface area contributed by atoms with Gasteiger partial charge in [-0.15, -0.1) is 0 Å². The van der Waals surface area contributed by atoms with E-state index in [-0.39, 0.29) is 11.3 Å². The summed E-state index contributed by atoms with van der Waals surface area (Å²) in [5, 5.41) is 11.7. The predicted molar refractivity (Wildman–Crippen MR) is 120 cm³/mol. The average Bonchev–Trinajstić information content (AvgIpc) is 3.48. The number of carbonyl (C=O) groups is 2. The molecule has 1 aromatic heterocycles. The highest BCUT2D eigenvalue weighted by Crippen LogP contribution is 2.43. The van der Waals surface area contributed by atoms with Crippen LogP contribution in [0.4, 0.5) is 5.69 Å². The number of carbonyl (C=O) groups excluding carboxylic acids is 2. The first-order chi connectivity index (χ1) is 15.3. The molecule has 0 saturated carbocycles. The van der Waals surface area contributed by atoms with Crippen LogP contribution in [0.5, 0.6) is 5.75 Å². The standard InChI is InChI=1S/C25H20ClNO5/c1-13-3-6-17(12-18(13)26)27-22(20-7-4-14(2)32-20)21(24(29)25(27)30)23(28)16-5-8-19-15(11-16)9-10-31-19/h3-8,11-12,22,28H,9-10H2,1-2H3/b23-21-. The van der Waals surface area contributed by atoms with Crippen LogP contribution in [0.2, 0.25) is 5.02 Å². The van der Waals surface area contributed by atoms with Crippen LogP contribution in [-0.2, 0) is 16.0 Å². The molecule has 1 unspecified atom stereocenters. The molecule has 7 heteroatoms. The highest BCUT2D eigenvalue weighted by Gasteiger charge is 2.48. The lowest BCUT2D eigenvalue weighted by Gasteiger charge is -2.24. The molecule has 2 aliphatic rings. The lowest BCUT2D eigenvalue weighted by molar-refractivity contribution is -0.132. The molecule has 3 aromatic rings. The van der Waals surface area contributed by atoms with Crippen LogP contribution in [0.25, 0.3) is 5.76 Å². The minimum Gasteiger partial charge on any atom is -0.507 e. The topological polar surface area (TPSA) is 80.0 Å². The Bertz CT molecular complexity index is 1310. The zero-order valence-electron chi connectivity index (χ0n) is 17.5. The second-order valence-electron chi connectivity index (χ2n) is 7.97. The number of aliphatic hydroxyl groups excluding tert-OH is 1. The first kappa shape index (κ1) is 20.4. The fourth-order valence-corrected chi connectivity index (χ4v) is 4.36. The smallest absolute Gasteiger partial charge is 0.300 e. The molecule has 1 fully saturated rings. The molecule has 5 rings (SSSR count). The maximum Gasteiger partial charge on any atom is 0.300 e. The van der Waals surface area contributed by atoms with Gasteiger partial charge in [0.2, 0.25) is 0 Å². The zero-order chi connectivity index (χ0) is 22.6. The number of halogens is 1. The van der Waals surface area contributed by atoms with Crippen LogP contribution in [0.15, 0.2) is 58.5 Å². The fourth-order valence-electron chi connectivity index (χ4n) is 4.19. The second kappa shape index (κ2) is 7.57. The van der Waals surface area contributed by atoms with Crippen LogP contribution in [0.1, 0.15) is 34.3 Å². The number of anilines is 1. The van der Waals surface area contributed by atoms with Crippen LogP contribution >= 0.6 is 11.6 Å². The van der Waals surface area contributed by atoms with Crippen LogP contribution < -0.4 is 9.64 Å². The van der Waals surface area contributed by atoms with Crippen molar-refractivity contribution in [1.29, 1.82) is 0 Å². The SMILES string of the molecule is Cc1ccc(C2/C(=C(/O)c3ccc4c(c3)CCO4)C(=O)C(=O)N2c2ccc(C)c(Cl)c2)o1. The van der Waals surface area contributed by atoms with Crippen molar-refractivity contribution < 1.29 is 23.8 Å². The van der Waals surface area contributed by atoms with Crippen molar-refractivity contribution in [2.75, 3.05) is 11.5 Å². The van der Waals surface area contributed by atoms with Crippen molar-refractivity contribution in [1.82, 2.24) is 0 Å². The molecule has 1 saturated heterocycles. The van der Waals surface area contributed by atoms with Gasteiger partial charge in [0.15, 0.2) is 0 Å². The molecule has 1 amide bonds. The highest BCUT2D eigenvalue weighted by atomic mass is 35.5. The van der Waals surface area contributed by atoms with E-state index in [4.69, 9.17) is 20.8 Å². The number of ketones is 1. The molecule has 162 valence electrons. The number of rotatable bonds is 3. The lowest BCUT2D eigenvalue weighted by atomic mass is 9.97. The number of fused-ring (bicyclic) bond motifs is 1. The van der Waals surface area contributed by atoms with Gasteiger partial charge in [-0.1, -0.05) is 17.7 Å². The minimum absolute atomic E-state index is 0.0279. The summed E-state index contributed by atoms with van der Waals surface area (Å²) < 4.78 is 11.3. The maximum absolute atomic E-state index is 13.2. The Morgan fingerprint density at radius 2 is 1.91 bits per heavy atom. The quantitative estimate of drug-likeness (QED) is 0.341. The Kier molecular flexibility index (Phi) is 4.82. The van der Waals surface area contributed by atoms with E-state index in [1.165, 1.54) is 4.90 Å². The molecular weight excluding hydrogens is 430 g/mol. The number of ether oxygens (including phenoxy) is 1. The molecule has 0 radical (unpaired) electrons. The Balaban J connectivity index is 1.70. The van der Waals surface area contributed by atoms with E-state index in [2.05, 4.69) is 0 Å². The van der Waals surface area contributed by atoms with E-state index in [9.17, 15) is 14.7 Å². The summed E-state index contributed by atoms with van der Waals surface area (Å²) in [7, 11) is 0. The van der Waals surface area contributed by atoms with Crippen LogP contribution in [0.3, 0.4) is 0 Å². The normalized spacial score (nSPS) is 19.3. The number of amides is 1. The lowest BCUT2D eigenvalue weighted by Crippen LogP contribution is -2.29. The van der Waals surface area contributed by atoms with Gasteiger partial charge in [0.25, 0.3) is 11.7 Å². The number of hydrogen-bond acceptors (Lipinski definition) is 5. The largest absolute Gasteiger partial charge is 0.507 e. The number of Topliss-reactive ketones (excluding diaryl/α,β-unsaturated/α-hetero) is 1. The van der Waals surface area contributed by atoms with Gasteiger partial charge in [-0.2, -0.15) is 0 Å². The van der Waals surface area contributed by atoms with Gasteiger partial charge in [0.05, 0.1) is 12.2 Å². The number of aliphatic hydroxyl groups is 1. The van der Waals surface area contributed by atoms with Crippen molar-refractivity contribution in [2.45, 2.75) is 26.3 Å². The molecule has 2 aromatic carbocycles. The number of furan rings is 1. The molecule has 3 heterocycles. The fraction of sp³-hybridized carbons (Fsp3) is 0.200. The molecule has 0 bridgehead atoms. The molecule has 0 aliphatic carbocycles. The van der Waals surface area contributed by atoms with Crippen LogP contribution in [0, 0.1) is 13.8 Å². The highest BCUT2D eigenvalue weighted by molar-refractivity contribution is 6.51. The van der Waals surface area contributed by atoms with E-state index >= 15 is 0 Å². The molecule has 6 nitrogen and oxygen atoms in total. The van der Waals surface area contributed by atoms with Gasteiger partial charge in [-0.25, -0.2) is 0 Å². The first-order valence-corrected chi connectivity index (χ1v) is 10.6. The van der Waals surface area contributed by atoms with Crippen molar-refractivity contribution in [3.8, 4) is 5.75 Å². The number of aryl methyl sites for hydroxylation is 2. The predicted octanol–water partition coefficient (Wildman–Crippen LogP) is 5.11. The van der Waals surface area contributed by atoms with E-state index in [0.29, 0.717) is 40.8 Å². The van der Waals surface area contributed by atoms with Gasteiger partial charge in [0, 0.05) is 22.7 Å². The number of benzene rings is 2. The molecule has 1 N–H and O–H groups in total. The third-order valence-corrected chi connectivity index (χ3v) is 6.28. The molecule has 1 atom stereocenters. The molecular formula is C25H20ClNO5. The van der Waals surface area contributed by atoms with Gasteiger partial charge >= 0.3 is 0 Å². The minimum atomic E-state index is -0.924. The Labute approximate surface area is 189 Å².